The van der Waals surface area contributed by atoms with Crippen LogP contribution in [0, 0.1) is 0 Å². The molecule has 1 aromatic heterocycles. The molecule has 0 unspecified atom stereocenters. The van der Waals surface area contributed by atoms with E-state index in [9.17, 15) is 0 Å². The molecule has 1 aromatic rings. The van der Waals surface area contributed by atoms with Crippen molar-refractivity contribution in [1.29, 1.82) is 0 Å². The van der Waals surface area contributed by atoms with Crippen molar-refractivity contribution in [2.45, 2.75) is 52.7 Å². The fraction of sp³-hybridized carbons (Fsp3) is 0.444. The van der Waals surface area contributed by atoms with Gasteiger partial charge in [0.1, 0.15) is 5.82 Å². The smallest absolute Gasteiger partial charge is 0.399 e. The fourth-order valence-electron chi connectivity index (χ4n) is 2.48. The van der Waals surface area contributed by atoms with E-state index in [0.717, 1.165) is 22.2 Å². The zero-order chi connectivity index (χ0) is 18.1. The number of nitrogens with zero attached hydrogens (tertiary/aromatic N) is 2. The molecule has 1 fully saturated rings. The minimum Gasteiger partial charge on any atom is -0.399 e. The van der Waals surface area contributed by atoms with Gasteiger partial charge in [-0.1, -0.05) is 5.57 Å². The van der Waals surface area contributed by atoms with Crippen LogP contribution in [0.15, 0.2) is 35.1 Å². The van der Waals surface area contributed by atoms with Gasteiger partial charge in [-0.2, -0.15) is 0 Å². The van der Waals surface area contributed by atoms with Crippen LogP contribution in [0.1, 0.15) is 47.1 Å². The topological polar surface area (TPSA) is 69.7 Å². The van der Waals surface area contributed by atoms with E-state index in [0.29, 0.717) is 5.82 Å². The van der Waals surface area contributed by atoms with Crippen molar-refractivity contribution in [1.82, 2.24) is 4.98 Å². The molecule has 0 saturated carbocycles. The molecule has 1 aliphatic heterocycles. The highest BCUT2D eigenvalue weighted by Gasteiger charge is 2.52. The number of nitrogens with two attached hydrogens (primary N) is 1. The maximum Gasteiger partial charge on any atom is 0.498 e. The van der Waals surface area contributed by atoms with Crippen LogP contribution in [0.25, 0.3) is 5.57 Å². The first-order chi connectivity index (χ1) is 11.1. The van der Waals surface area contributed by atoms with Crippen molar-refractivity contribution in [2.24, 2.45) is 4.99 Å². The summed E-state index contributed by atoms with van der Waals surface area (Å²) in [4.78, 5) is 8.11. The summed E-state index contributed by atoms with van der Waals surface area (Å²) in [7, 11) is -0.539. The molecule has 24 heavy (non-hydrogen) atoms. The minimum absolute atomic E-state index is 0.413. The number of allylic oxidation sites excluding steroid dienone is 3. The largest absolute Gasteiger partial charge is 0.498 e. The minimum atomic E-state index is -0.539. The van der Waals surface area contributed by atoms with Crippen molar-refractivity contribution in [3.63, 3.8) is 0 Å². The van der Waals surface area contributed by atoms with Crippen molar-refractivity contribution < 1.29 is 9.31 Å². The summed E-state index contributed by atoms with van der Waals surface area (Å²) < 4.78 is 12.2. The zero-order valence-corrected chi connectivity index (χ0v) is 15.4. The molecule has 0 radical (unpaired) electrons. The molecular weight excluding hydrogens is 301 g/mol. The lowest BCUT2D eigenvalue weighted by Crippen LogP contribution is -2.41. The first kappa shape index (κ1) is 18.4. The quantitative estimate of drug-likeness (QED) is 0.524. The Hall–Kier alpha value is -1.92. The molecule has 0 aromatic carbocycles. The van der Waals surface area contributed by atoms with Crippen molar-refractivity contribution >= 4 is 30.7 Å². The summed E-state index contributed by atoms with van der Waals surface area (Å²) in [5, 5.41) is 0. The molecule has 2 N–H and O–H groups in total. The van der Waals surface area contributed by atoms with Crippen LogP contribution in [0.5, 0.6) is 0 Å². The molecular formula is C18H26BN3O2. The van der Waals surface area contributed by atoms with Crippen LogP contribution in [0.3, 0.4) is 0 Å². The number of anilines is 1. The average molecular weight is 327 g/mol. The number of hydrogen-bond donors (Lipinski definition) is 1. The lowest BCUT2D eigenvalue weighted by Gasteiger charge is -2.32. The second-order valence-electron chi connectivity index (χ2n) is 7.20. The van der Waals surface area contributed by atoms with E-state index in [4.69, 9.17) is 15.0 Å². The lowest BCUT2D eigenvalue weighted by molar-refractivity contribution is 0.00578. The molecule has 6 heteroatoms. The van der Waals surface area contributed by atoms with Crippen LogP contribution < -0.4 is 11.2 Å². The van der Waals surface area contributed by atoms with E-state index in [2.05, 4.69) is 16.7 Å². The highest BCUT2D eigenvalue weighted by molar-refractivity contribution is 6.63. The Bertz CT molecular complexity index is 688. The number of aliphatic imine (C=N–C) groups is 1. The predicted octanol–water partition coefficient (Wildman–Crippen LogP) is 2.97. The van der Waals surface area contributed by atoms with Crippen molar-refractivity contribution in [3.8, 4) is 0 Å². The lowest BCUT2D eigenvalue weighted by atomic mass is 9.78. The van der Waals surface area contributed by atoms with E-state index >= 15 is 0 Å². The van der Waals surface area contributed by atoms with Gasteiger partial charge in [-0.05, 0) is 71.5 Å². The van der Waals surface area contributed by atoms with Crippen LogP contribution in [0.2, 0.25) is 0 Å². The molecule has 5 nitrogen and oxygen atoms in total. The molecule has 0 spiro atoms. The van der Waals surface area contributed by atoms with Crippen LogP contribution in [-0.2, 0) is 9.31 Å². The van der Waals surface area contributed by atoms with Crippen molar-refractivity contribution in [3.05, 3.63) is 35.7 Å². The van der Waals surface area contributed by atoms with E-state index in [1.54, 1.807) is 12.4 Å². The maximum absolute atomic E-state index is 6.10. The summed E-state index contributed by atoms with van der Waals surface area (Å²) in [6.07, 6.45) is 5.32. The molecule has 0 bridgehead atoms. The Kier molecular flexibility index (Phi) is 5.01. The molecule has 2 heterocycles. The second-order valence-corrected chi connectivity index (χ2v) is 7.20. The van der Waals surface area contributed by atoms with E-state index in [1.165, 1.54) is 0 Å². The van der Waals surface area contributed by atoms with Gasteiger partial charge in [0.15, 0.2) is 0 Å². The Labute approximate surface area is 144 Å². The molecule has 0 atom stereocenters. The predicted molar refractivity (Wildman–Crippen MR) is 101 cm³/mol. The SMILES string of the molecule is C=N/C=C\C(=C(C)C)c1cnc(N)c(B2OC(C)(C)C(C)(C)O2)c1. The third kappa shape index (κ3) is 3.44. The maximum atomic E-state index is 6.10. The molecule has 2 rings (SSSR count). The van der Waals surface area contributed by atoms with Gasteiger partial charge in [0.25, 0.3) is 0 Å². The first-order valence-corrected chi connectivity index (χ1v) is 8.00. The fourth-order valence-corrected chi connectivity index (χ4v) is 2.48. The van der Waals surface area contributed by atoms with Gasteiger partial charge < -0.3 is 15.0 Å². The Morgan fingerprint density at radius 3 is 2.33 bits per heavy atom. The van der Waals surface area contributed by atoms with Crippen LogP contribution >= 0.6 is 0 Å². The monoisotopic (exact) mass is 327 g/mol. The van der Waals surface area contributed by atoms with Gasteiger partial charge in [0, 0.05) is 17.9 Å². The molecule has 0 aliphatic carbocycles. The summed E-state index contributed by atoms with van der Waals surface area (Å²) in [5.41, 5.74) is 9.08. The third-order valence-corrected chi connectivity index (χ3v) is 4.65. The van der Waals surface area contributed by atoms with Gasteiger partial charge in [-0.25, -0.2) is 4.98 Å². The molecule has 128 valence electrons. The average Bonchev–Trinajstić information content (AvgIpc) is 2.69. The summed E-state index contributed by atoms with van der Waals surface area (Å²) in [5.74, 6) is 0.413. The Morgan fingerprint density at radius 2 is 1.83 bits per heavy atom. The number of aromatic nitrogens is 1. The van der Waals surface area contributed by atoms with E-state index < -0.39 is 18.3 Å². The Morgan fingerprint density at radius 1 is 1.25 bits per heavy atom. The number of nitrogen functional groups attached to an aromatic ring is 1. The Balaban J connectivity index is 2.46. The molecule has 0 amide bonds. The second kappa shape index (κ2) is 6.53. The third-order valence-electron chi connectivity index (χ3n) is 4.65. The van der Waals surface area contributed by atoms with E-state index in [-0.39, 0.29) is 0 Å². The highest BCUT2D eigenvalue weighted by Crippen LogP contribution is 2.37. The normalized spacial score (nSPS) is 18.8. The van der Waals surface area contributed by atoms with Crippen molar-refractivity contribution in [2.75, 3.05) is 5.73 Å². The molecule has 1 aliphatic rings. The summed E-state index contributed by atoms with van der Waals surface area (Å²) in [6, 6.07) is 1.97. The summed E-state index contributed by atoms with van der Waals surface area (Å²) in [6.45, 7) is 15.6. The van der Waals surface area contributed by atoms with E-state index in [1.807, 2.05) is 53.7 Å². The van der Waals surface area contributed by atoms with Gasteiger partial charge in [0.05, 0.1) is 11.2 Å². The summed E-state index contributed by atoms with van der Waals surface area (Å²) >= 11 is 0. The number of rotatable bonds is 4. The highest BCUT2D eigenvalue weighted by atomic mass is 16.7. The van der Waals surface area contributed by atoms with Crippen LogP contribution in [-0.4, -0.2) is 30.0 Å². The zero-order valence-electron chi connectivity index (χ0n) is 15.4. The van der Waals surface area contributed by atoms with Gasteiger partial charge >= 0.3 is 7.12 Å². The first-order valence-electron chi connectivity index (χ1n) is 8.00. The van der Waals surface area contributed by atoms with Gasteiger partial charge in [-0.15, -0.1) is 0 Å². The number of pyridine rings is 1. The number of hydrogen-bond acceptors (Lipinski definition) is 5. The standard InChI is InChI=1S/C18H26BN3O2/c1-12(2)14(8-9-21-7)13-10-15(16(20)22-11-13)19-23-17(3,4)18(5,6)24-19/h8-11H,7H2,1-6H3,(H2,20,22)/b9-8-. The molecule has 1 saturated heterocycles. The van der Waals surface area contributed by atoms with Crippen LogP contribution in [0.4, 0.5) is 5.82 Å². The van der Waals surface area contributed by atoms with Gasteiger partial charge in [-0.3, -0.25) is 4.99 Å². The van der Waals surface area contributed by atoms with Gasteiger partial charge in [0.2, 0.25) is 0 Å².